The van der Waals surface area contributed by atoms with Gasteiger partial charge in [0.05, 0.1) is 4.90 Å². The van der Waals surface area contributed by atoms with Crippen LogP contribution < -0.4 is 4.74 Å². The molecule has 0 fully saturated rings. The molecular formula is C21H26ClNO5S. The molecule has 0 bridgehead atoms. The minimum absolute atomic E-state index is 0.154. The van der Waals surface area contributed by atoms with Crippen LogP contribution in [0.4, 0.5) is 0 Å². The number of halogens is 1. The van der Waals surface area contributed by atoms with Gasteiger partial charge in [0.2, 0.25) is 10.0 Å². The Labute approximate surface area is 177 Å². The van der Waals surface area contributed by atoms with E-state index < -0.39 is 21.6 Å². The van der Waals surface area contributed by atoms with Crippen LogP contribution in [-0.4, -0.2) is 45.0 Å². The highest BCUT2D eigenvalue weighted by Crippen LogP contribution is 2.36. The van der Waals surface area contributed by atoms with Crippen molar-refractivity contribution in [1.82, 2.24) is 4.31 Å². The summed E-state index contributed by atoms with van der Waals surface area (Å²) in [5, 5.41) is 0.463. The molecule has 0 radical (unpaired) electrons. The predicted molar refractivity (Wildman–Crippen MR) is 114 cm³/mol. The lowest BCUT2D eigenvalue weighted by atomic mass is 10.00. The van der Waals surface area contributed by atoms with Gasteiger partial charge in [0.1, 0.15) is 11.4 Å². The highest BCUT2D eigenvalue weighted by molar-refractivity contribution is 7.89. The van der Waals surface area contributed by atoms with E-state index in [1.165, 1.54) is 14.1 Å². The first-order valence-corrected chi connectivity index (χ1v) is 10.8. The van der Waals surface area contributed by atoms with Crippen LogP contribution >= 0.6 is 11.6 Å². The minimum atomic E-state index is -3.61. The lowest BCUT2D eigenvalue weighted by Crippen LogP contribution is -2.27. The molecule has 0 unspecified atom stereocenters. The van der Waals surface area contributed by atoms with E-state index >= 15 is 0 Å². The van der Waals surface area contributed by atoms with E-state index in [4.69, 9.17) is 21.1 Å². The molecule has 0 heterocycles. The lowest BCUT2D eigenvalue weighted by molar-refractivity contribution is -0.157. The summed E-state index contributed by atoms with van der Waals surface area (Å²) in [4.78, 5) is 12.2. The van der Waals surface area contributed by atoms with Crippen molar-refractivity contribution in [3.8, 4) is 16.9 Å². The molecular weight excluding hydrogens is 414 g/mol. The van der Waals surface area contributed by atoms with Crippen molar-refractivity contribution in [2.45, 2.75) is 38.2 Å². The summed E-state index contributed by atoms with van der Waals surface area (Å²) < 4.78 is 37.2. The molecule has 0 N–H and O–H groups in total. The summed E-state index contributed by atoms with van der Waals surface area (Å²) in [7, 11) is -0.656. The standard InChI is InChI=1S/C21H26ClNO5S/c1-14-7-9-16(29(25,26)23(5)6)12-17(14)18-11-15(22)8-10-19(18)27-13-20(24)28-21(2,3)4/h7-12H,13H2,1-6H3. The zero-order chi connectivity index (χ0) is 22.0. The third-order valence-corrected chi connectivity index (χ3v) is 6.03. The highest BCUT2D eigenvalue weighted by Gasteiger charge is 2.21. The monoisotopic (exact) mass is 439 g/mol. The number of ether oxygens (including phenoxy) is 2. The molecule has 2 rings (SSSR count). The number of aryl methyl sites for hydroxylation is 1. The molecule has 8 heteroatoms. The summed E-state index contributed by atoms with van der Waals surface area (Å²) in [5.74, 6) is -0.0955. The maximum Gasteiger partial charge on any atom is 0.344 e. The third kappa shape index (κ3) is 5.95. The number of benzene rings is 2. The van der Waals surface area contributed by atoms with Crippen LogP contribution in [0.5, 0.6) is 5.75 Å². The number of carbonyl (C=O) groups excluding carboxylic acids is 1. The van der Waals surface area contributed by atoms with E-state index in [2.05, 4.69) is 0 Å². The maximum absolute atomic E-state index is 12.5. The van der Waals surface area contributed by atoms with Gasteiger partial charge in [0.15, 0.2) is 6.61 Å². The predicted octanol–water partition coefficient (Wildman–Crippen LogP) is 4.29. The van der Waals surface area contributed by atoms with Gasteiger partial charge in [-0.05, 0) is 69.2 Å². The molecule has 0 aromatic heterocycles. The number of carbonyl (C=O) groups is 1. The molecule has 29 heavy (non-hydrogen) atoms. The lowest BCUT2D eigenvalue weighted by Gasteiger charge is -2.20. The van der Waals surface area contributed by atoms with Crippen molar-refractivity contribution in [1.29, 1.82) is 0 Å². The molecule has 0 saturated heterocycles. The Balaban J connectivity index is 2.45. The Bertz CT molecular complexity index is 1010. The van der Waals surface area contributed by atoms with E-state index in [1.807, 2.05) is 6.92 Å². The number of hydrogen-bond acceptors (Lipinski definition) is 5. The largest absolute Gasteiger partial charge is 0.481 e. The summed E-state index contributed by atoms with van der Waals surface area (Å²) in [6.07, 6.45) is 0. The number of nitrogens with zero attached hydrogens (tertiary/aromatic N) is 1. The second kappa shape index (κ2) is 8.73. The molecule has 0 aliphatic heterocycles. The highest BCUT2D eigenvalue weighted by atomic mass is 35.5. The molecule has 0 saturated carbocycles. The van der Waals surface area contributed by atoms with Crippen LogP contribution in [-0.2, 0) is 19.6 Å². The molecule has 2 aromatic rings. The Morgan fingerprint density at radius 3 is 2.31 bits per heavy atom. The smallest absolute Gasteiger partial charge is 0.344 e. The number of sulfonamides is 1. The second-order valence-corrected chi connectivity index (χ2v) is 10.4. The van der Waals surface area contributed by atoms with Gasteiger partial charge in [0.25, 0.3) is 0 Å². The van der Waals surface area contributed by atoms with E-state index in [-0.39, 0.29) is 11.5 Å². The summed E-state index contributed by atoms with van der Waals surface area (Å²) in [6.45, 7) is 6.91. The van der Waals surface area contributed by atoms with Crippen molar-refractivity contribution in [2.75, 3.05) is 20.7 Å². The average Bonchev–Trinajstić information content (AvgIpc) is 2.59. The topological polar surface area (TPSA) is 72.9 Å². The number of esters is 1. The fourth-order valence-electron chi connectivity index (χ4n) is 2.61. The third-order valence-electron chi connectivity index (χ3n) is 3.98. The first-order valence-electron chi connectivity index (χ1n) is 8.99. The normalized spacial score (nSPS) is 12.1. The van der Waals surface area contributed by atoms with Gasteiger partial charge in [-0.1, -0.05) is 17.7 Å². The number of hydrogen-bond donors (Lipinski definition) is 0. The quantitative estimate of drug-likeness (QED) is 0.628. The van der Waals surface area contributed by atoms with E-state index in [1.54, 1.807) is 57.2 Å². The molecule has 0 aliphatic rings. The van der Waals surface area contributed by atoms with Gasteiger partial charge in [-0.15, -0.1) is 0 Å². The molecule has 0 aliphatic carbocycles. The van der Waals surface area contributed by atoms with Gasteiger partial charge in [-0.25, -0.2) is 17.5 Å². The van der Waals surface area contributed by atoms with Crippen LogP contribution in [0.3, 0.4) is 0 Å². The minimum Gasteiger partial charge on any atom is -0.481 e. The van der Waals surface area contributed by atoms with Crippen molar-refractivity contribution in [3.05, 3.63) is 47.0 Å². The Kier molecular flexibility index (Phi) is 6.98. The zero-order valence-corrected chi connectivity index (χ0v) is 19.0. The first kappa shape index (κ1) is 23.2. The SMILES string of the molecule is Cc1ccc(S(=O)(=O)N(C)C)cc1-c1cc(Cl)ccc1OCC(=O)OC(C)(C)C. The van der Waals surface area contributed by atoms with Crippen molar-refractivity contribution < 1.29 is 22.7 Å². The fraction of sp³-hybridized carbons (Fsp3) is 0.381. The van der Waals surface area contributed by atoms with Gasteiger partial charge in [-0.2, -0.15) is 0 Å². The van der Waals surface area contributed by atoms with Crippen LogP contribution in [0.15, 0.2) is 41.3 Å². The Morgan fingerprint density at radius 1 is 1.07 bits per heavy atom. The van der Waals surface area contributed by atoms with Crippen LogP contribution in [0.2, 0.25) is 5.02 Å². The molecule has 6 nitrogen and oxygen atoms in total. The van der Waals surface area contributed by atoms with Crippen LogP contribution in [0, 0.1) is 6.92 Å². The van der Waals surface area contributed by atoms with Crippen molar-refractivity contribution in [3.63, 3.8) is 0 Å². The van der Waals surface area contributed by atoms with Gasteiger partial charge in [-0.3, -0.25) is 0 Å². The first-order chi connectivity index (χ1) is 13.3. The van der Waals surface area contributed by atoms with E-state index in [0.717, 1.165) is 9.87 Å². The van der Waals surface area contributed by atoms with Crippen molar-refractivity contribution >= 4 is 27.6 Å². The molecule has 0 atom stereocenters. The summed E-state index contributed by atoms with van der Waals surface area (Å²) >= 11 is 6.18. The van der Waals surface area contributed by atoms with Gasteiger partial charge in [0, 0.05) is 24.7 Å². The van der Waals surface area contributed by atoms with Crippen LogP contribution in [0.25, 0.3) is 11.1 Å². The molecule has 0 amide bonds. The summed E-state index contributed by atoms with van der Waals surface area (Å²) in [5.41, 5.74) is 1.46. The maximum atomic E-state index is 12.5. The molecule has 2 aromatic carbocycles. The van der Waals surface area contributed by atoms with E-state index in [0.29, 0.717) is 21.9 Å². The van der Waals surface area contributed by atoms with Crippen LogP contribution in [0.1, 0.15) is 26.3 Å². The number of rotatable bonds is 6. The second-order valence-electron chi connectivity index (χ2n) is 7.78. The molecule has 0 spiro atoms. The van der Waals surface area contributed by atoms with E-state index in [9.17, 15) is 13.2 Å². The fourth-order valence-corrected chi connectivity index (χ4v) is 3.71. The Morgan fingerprint density at radius 2 is 1.72 bits per heavy atom. The zero-order valence-electron chi connectivity index (χ0n) is 17.4. The molecule has 158 valence electrons. The van der Waals surface area contributed by atoms with Gasteiger partial charge >= 0.3 is 5.97 Å². The van der Waals surface area contributed by atoms with Gasteiger partial charge < -0.3 is 9.47 Å². The Hall–Kier alpha value is -2.09. The summed E-state index contributed by atoms with van der Waals surface area (Å²) in [6, 6.07) is 9.83. The average molecular weight is 440 g/mol. The van der Waals surface area contributed by atoms with Crippen molar-refractivity contribution in [2.24, 2.45) is 0 Å².